The second kappa shape index (κ2) is 7.93. The van der Waals surface area contributed by atoms with Crippen molar-refractivity contribution in [3.8, 4) is 17.2 Å². The van der Waals surface area contributed by atoms with Crippen LogP contribution in [0.25, 0.3) is 11.1 Å². The normalized spacial score (nSPS) is 9.88. The van der Waals surface area contributed by atoms with Crippen molar-refractivity contribution in [2.24, 2.45) is 0 Å². The van der Waals surface area contributed by atoms with Crippen LogP contribution < -0.4 is 0 Å². The molecule has 0 aliphatic rings. The van der Waals surface area contributed by atoms with E-state index in [9.17, 15) is 9.59 Å². The van der Waals surface area contributed by atoms with Crippen molar-refractivity contribution in [2.75, 3.05) is 13.2 Å². The van der Waals surface area contributed by atoms with Crippen molar-refractivity contribution in [1.29, 1.82) is 5.26 Å². The van der Waals surface area contributed by atoms with Gasteiger partial charge >= 0.3 is 11.9 Å². The molecule has 2 rings (SSSR count). The number of carbonyl (C=O) groups excluding carboxylic acids is 2. The van der Waals surface area contributed by atoms with Crippen LogP contribution in [0.2, 0.25) is 0 Å². The standard InChI is InChI=1S/C19H17NO4/c1-3-23-18(21)15-9-10-16(17(11-15)19(22)24-4-2)14-7-5-13(12-20)6-8-14/h5-11H,3-4H2,1-2H3. The Balaban J connectivity index is 2.51. The van der Waals surface area contributed by atoms with Crippen LogP contribution in [-0.2, 0) is 9.47 Å². The molecule has 0 aliphatic carbocycles. The maximum atomic E-state index is 12.3. The Morgan fingerprint density at radius 3 is 2.17 bits per heavy atom. The summed E-state index contributed by atoms with van der Waals surface area (Å²) in [5.41, 5.74) is 2.49. The third-order valence-corrected chi connectivity index (χ3v) is 3.35. The van der Waals surface area contributed by atoms with Crippen LogP contribution in [0.1, 0.15) is 40.1 Å². The molecule has 122 valence electrons. The Hall–Kier alpha value is -3.13. The second-order valence-electron chi connectivity index (χ2n) is 4.89. The Morgan fingerprint density at radius 1 is 0.958 bits per heavy atom. The van der Waals surface area contributed by atoms with Gasteiger partial charge in [0.15, 0.2) is 0 Å². The maximum Gasteiger partial charge on any atom is 0.338 e. The molecule has 5 heteroatoms. The first kappa shape index (κ1) is 17.2. The molecule has 0 N–H and O–H groups in total. The molecule has 0 fully saturated rings. The van der Waals surface area contributed by atoms with Gasteiger partial charge in [0.25, 0.3) is 0 Å². The SMILES string of the molecule is CCOC(=O)c1ccc(-c2ccc(C#N)cc2)c(C(=O)OCC)c1. The molecule has 0 aliphatic heterocycles. The van der Waals surface area contributed by atoms with Gasteiger partial charge in [-0.25, -0.2) is 9.59 Å². The van der Waals surface area contributed by atoms with Crippen molar-refractivity contribution in [1.82, 2.24) is 0 Å². The first-order chi connectivity index (χ1) is 11.6. The Labute approximate surface area is 140 Å². The molecular weight excluding hydrogens is 306 g/mol. The number of hydrogen-bond acceptors (Lipinski definition) is 5. The lowest BCUT2D eigenvalue weighted by molar-refractivity contribution is 0.0526. The van der Waals surface area contributed by atoms with E-state index in [0.717, 1.165) is 5.56 Å². The Morgan fingerprint density at radius 2 is 1.58 bits per heavy atom. The van der Waals surface area contributed by atoms with E-state index in [1.165, 1.54) is 6.07 Å². The van der Waals surface area contributed by atoms with Gasteiger partial charge in [-0.15, -0.1) is 0 Å². The number of ether oxygens (including phenoxy) is 2. The number of nitrogens with zero attached hydrogens (tertiary/aromatic N) is 1. The monoisotopic (exact) mass is 323 g/mol. The van der Waals surface area contributed by atoms with E-state index in [1.54, 1.807) is 50.2 Å². The molecule has 2 aromatic rings. The summed E-state index contributed by atoms with van der Waals surface area (Å²) in [5, 5.41) is 8.88. The predicted molar refractivity (Wildman–Crippen MR) is 88.5 cm³/mol. The number of carbonyl (C=O) groups is 2. The topological polar surface area (TPSA) is 76.4 Å². The lowest BCUT2D eigenvalue weighted by Gasteiger charge is -2.11. The highest BCUT2D eigenvalue weighted by Gasteiger charge is 2.18. The minimum atomic E-state index is -0.511. The minimum Gasteiger partial charge on any atom is -0.462 e. The summed E-state index contributed by atoms with van der Waals surface area (Å²) in [7, 11) is 0. The van der Waals surface area contributed by atoms with Crippen molar-refractivity contribution >= 4 is 11.9 Å². The number of benzene rings is 2. The average Bonchev–Trinajstić information content (AvgIpc) is 2.61. The maximum absolute atomic E-state index is 12.3. The molecule has 0 aromatic heterocycles. The zero-order valence-electron chi connectivity index (χ0n) is 13.5. The lowest BCUT2D eigenvalue weighted by atomic mass is 9.96. The predicted octanol–water partition coefficient (Wildman–Crippen LogP) is 3.58. The first-order valence-corrected chi connectivity index (χ1v) is 7.59. The van der Waals surface area contributed by atoms with E-state index in [0.29, 0.717) is 11.1 Å². The second-order valence-corrected chi connectivity index (χ2v) is 4.89. The van der Waals surface area contributed by atoms with E-state index < -0.39 is 11.9 Å². The molecular formula is C19H17NO4. The summed E-state index contributed by atoms with van der Waals surface area (Å²) in [5.74, 6) is -1.00. The van der Waals surface area contributed by atoms with Crippen LogP contribution in [0, 0.1) is 11.3 Å². The summed E-state index contributed by atoms with van der Waals surface area (Å²) < 4.78 is 10.1. The molecule has 2 aromatic carbocycles. The first-order valence-electron chi connectivity index (χ1n) is 7.59. The van der Waals surface area contributed by atoms with Crippen LogP contribution in [0.15, 0.2) is 42.5 Å². The number of esters is 2. The van der Waals surface area contributed by atoms with Crippen LogP contribution in [0.3, 0.4) is 0 Å². The van der Waals surface area contributed by atoms with Crippen LogP contribution >= 0.6 is 0 Å². The third kappa shape index (κ3) is 3.79. The van der Waals surface area contributed by atoms with E-state index >= 15 is 0 Å². The molecule has 5 nitrogen and oxygen atoms in total. The van der Waals surface area contributed by atoms with Gasteiger partial charge in [-0.3, -0.25) is 0 Å². The summed E-state index contributed by atoms with van der Waals surface area (Å²) in [6, 6.07) is 13.7. The molecule has 0 bridgehead atoms. The highest BCUT2D eigenvalue weighted by Crippen LogP contribution is 2.26. The van der Waals surface area contributed by atoms with E-state index in [-0.39, 0.29) is 24.3 Å². The molecule has 0 unspecified atom stereocenters. The number of hydrogen-bond donors (Lipinski definition) is 0. The molecule has 0 saturated carbocycles. The summed E-state index contributed by atoms with van der Waals surface area (Å²) in [6.45, 7) is 3.92. The largest absolute Gasteiger partial charge is 0.462 e. The zero-order chi connectivity index (χ0) is 17.5. The fraction of sp³-hybridized carbons (Fsp3) is 0.211. The van der Waals surface area contributed by atoms with Crippen LogP contribution in [-0.4, -0.2) is 25.2 Å². The van der Waals surface area contributed by atoms with E-state index in [4.69, 9.17) is 14.7 Å². The van der Waals surface area contributed by atoms with E-state index in [2.05, 4.69) is 0 Å². The number of rotatable bonds is 5. The molecule has 0 atom stereocenters. The molecule has 0 radical (unpaired) electrons. The number of nitriles is 1. The van der Waals surface area contributed by atoms with Gasteiger partial charge in [-0.2, -0.15) is 5.26 Å². The van der Waals surface area contributed by atoms with Crippen molar-refractivity contribution < 1.29 is 19.1 Å². The van der Waals surface area contributed by atoms with Gasteiger partial charge in [0.1, 0.15) is 0 Å². The molecule has 0 saturated heterocycles. The summed E-state index contributed by atoms with van der Waals surface area (Å²) >= 11 is 0. The van der Waals surface area contributed by atoms with Gasteiger partial charge in [0, 0.05) is 0 Å². The summed E-state index contributed by atoms with van der Waals surface area (Å²) in [6.07, 6.45) is 0. The lowest BCUT2D eigenvalue weighted by Crippen LogP contribution is -2.10. The van der Waals surface area contributed by atoms with E-state index in [1.807, 2.05) is 6.07 Å². The van der Waals surface area contributed by atoms with Gasteiger partial charge in [-0.1, -0.05) is 18.2 Å². The van der Waals surface area contributed by atoms with Crippen molar-refractivity contribution in [2.45, 2.75) is 13.8 Å². The zero-order valence-corrected chi connectivity index (χ0v) is 13.5. The molecule has 0 heterocycles. The molecule has 0 spiro atoms. The van der Waals surface area contributed by atoms with Gasteiger partial charge in [-0.05, 0) is 49.2 Å². The van der Waals surface area contributed by atoms with Crippen LogP contribution in [0.4, 0.5) is 0 Å². The van der Waals surface area contributed by atoms with Crippen molar-refractivity contribution in [3.63, 3.8) is 0 Å². The highest BCUT2D eigenvalue weighted by atomic mass is 16.5. The van der Waals surface area contributed by atoms with Gasteiger partial charge in [0.05, 0.1) is 36.0 Å². The Bertz CT molecular complexity index is 788. The van der Waals surface area contributed by atoms with Gasteiger partial charge in [0.2, 0.25) is 0 Å². The quantitative estimate of drug-likeness (QED) is 0.786. The minimum absolute atomic E-state index is 0.231. The van der Waals surface area contributed by atoms with Crippen molar-refractivity contribution in [3.05, 3.63) is 59.2 Å². The smallest absolute Gasteiger partial charge is 0.338 e. The fourth-order valence-corrected chi connectivity index (χ4v) is 2.24. The van der Waals surface area contributed by atoms with Crippen LogP contribution in [0.5, 0.6) is 0 Å². The average molecular weight is 323 g/mol. The molecule has 24 heavy (non-hydrogen) atoms. The highest BCUT2D eigenvalue weighted by molar-refractivity contribution is 6.01. The molecule has 0 amide bonds. The summed E-state index contributed by atoms with van der Waals surface area (Å²) in [4.78, 5) is 24.2. The Kier molecular flexibility index (Phi) is 5.69. The fourth-order valence-electron chi connectivity index (χ4n) is 2.24. The third-order valence-electron chi connectivity index (χ3n) is 3.35. The van der Waals surface area contributed by atoms with Gasteiger partial charge < -0.3 is 9.47 Å².